The smallest absolute Gasteiger partial charge is 0.276 e. The number of fused-ring (bicyclic) bond motifs is 1. The van der Waals surface area contributed by atoms with Gasteiger partial charge in [-0.25, -0.2) is 17.8 Å². The van der Waals surface area contributed by atoms with Crippen LogP contribution in [0.1, 0.15) is 78.8 Å². The van der Waals surface area contributed by atoms with Crippen LogP contribution in [-0.4, -0.2) is 52.0 Å². The molecule has 3 aromatic rings. The average molecular weight is 593 g/mol. The molecule has 2 aliphatic carbocycles. The topological polar surface area (TPSA) is 132 Å². The lowest BCUT2D eigenvalue weighted by Gasteiger charge is -2.38. The summed E-state index contributed by atoms with van der Waals surface area (Å²) in [6.07, 6.45) is 4.25. The zero-order valence-corrected chi connectivity index (χ0v) is 23.3. The number of hydrogen-bond acceptors (Lipinski definition) is 8. The van der Waals surface area contributed by atoms with E-state index in [0.717, 1.165) is 36.6 Å². The number of pyridine rings is 1. The van der Waals surface area contributed by atoms with Gasteiger partial charge in [-0.1, -0.05) is 5.16 Å². The minimum Gasteiger partial charge on any atom is -0.493 e. The van der Waals surface area contributed by atoms with Crippen molar-refractivity contribution in [1.29, 1.82) is 0 Å². The first-order chi connectivity index (χ1) is 20.6. The van der Waals surface area contributed by atoms with Gasteiger partial charge >= 0.3 is 0 Å². The van der Waals surface area contributed by atoms with Gasteiger partial charge in [0.25, 0.3) is 5.91 Å². The summed E-state index contributed by atoms with van der Waals surface area (Å²) in [5.74, 6) is -4.92. The highest BCUT2D eigenvalue weighted by Gasteiger charge is 2.58. The molecule has 2 amide bonds. The Balaban J connectivity index is 1.24. The van der Waals surface area contributed by atoms with Crippen LogP contribution in [0, 0.1) is 22.9 Å². The van der Waals surface area contributed by atoms with Gasteiger partial charge in [0.2, 0.25) is 5.91 Å². The molecule has 2 saturated carbocycles. The number of aromatic nitrogens is 3. The van der Waals surface area contributed by atoms with Crippen molar-refractivity contribution in [2.24, 2.45) is 10.4 Å². The van der Waals surface area contributed by atoms with Gasteiger partial charge < -0.3 is 15.4 Å². The minimum absolute atomic E-state index is 0.0368. The molecule has 0 bridgehead atoms. The molecule has 4 heterocycles. The van der Waals surface area contributed by atoms with Crippen LogP contribution in [-0.2, 0) is 4.79 Å². The number of ether oxygens (including phenoxy) is 1. The van der Waals surface area contributed by atoms with E-state index in [9.17, 15) is 18.4 Å². The van der Waals surface area contributed by atoms with Crippen molar-refractivity contribution in [3.05, 3.63) is 70.1 Å². The quantitative estimate of drug-likeness (QED) is 0.407. The Hall–Kier alpha value is -4.55. The third-order valence-corrected chi connectivity index (χ3v) is 8.74. The lowest BCUT2D eigenvalue weighted by molar-refractivity contribution is -0.119. The zero-order valence-electron chi connectivity index (χ0n) is 23.3. The second-order valence-corrected chi connectivity index (χ2v) is 11.8. The van der Waals surface area contributed by atoms with Gasteiger partial charge in [-0.2, -0.15) is 0 Å². The number of amides is 2. The first kappa shape index (κ1) is 27.3. The fraction of sp³-hybridized carbons (Fsp3) is 0.400. The third kappa shape index (κ3) is 4.76. The Morgan fingerprint density at radius 2 is 1.81 bits per heavy atom. The van der Waals surface area contributed by atoms with Gasteiger partial charge in [-0.3, -0.25) is 19.6 Å². The van der Waals surface area contributed by atoms with Gasteiger partial charge in [-0.05, 0) is 56.3 Å². The molecule has 10 nitrogen and oxygen atoms in total. The van der Waals surface area contributed by atoms with E-state index in [1.54, 1.807) is 6.92 Å². The Labute approximate surface area is 243 Å². The molecule has 0 radical (unpaired) electrons. The number of nitrogens with zero attached hydrogens (tertiary/aromatic N) is 4. The Bertz CT molecular complexity index is 1740. The number of nitrogens with one attached hydrogen (secondary N) is 2. The predicted molar refractivity (Wildman–Crippen MR) is 147 cm³/mol. The molecule has 2 fully saturated rings. The maximum atomic E-state index is 15.3. The largest absolute Gasteiger partial charge is 0.493 e. The fourth-order valence-electron chi connectivity index (χ4n) is 6.18. The van der Waals surface area contributed by atoms with Crippen molar-refractivity contribution < 1.29 is 32.1 Å². The number of benzene rings is 1. The molecule has 1 spiro atoms. The maximum Gasteiger partial charge on any atom is 0.276 e. The van der Waals surface area contributed by atoms with Crippen LogP contribution in [0.25, 0.3) is 5.57 Å². The van der Waals surface area contributed by atoms with Crippen molar-refractivity contribution >= 4 is 28.8 Å². The van der Waals surface area contributed by atoms with Gasteiger partial charge in [0.1, 0.15) is 23.2 Å². The molecule has 0 saturated heterocycles. The summed E-state index contributed by atoms with van der Waals surface area (Å²) in [6.45, 7) is 4.24. The standard InChI is InChI=1S/C30H27F3N6O4/c1-13-10-34-14(2)22(13)25-20(33)7-16(11-35-25)36-28(40)26(37-29(41)27-24(15-3-4-15)38-43-39-27)23-17-8-18(31)19(32)9-21(17)42-12-30(23)5-6-30/h7-9,11,15,23,26H,3-6,10,12H2,1-2H3,(H,36,40)(H,37,41)/t23?,26-/m0/s1. The molecule has 222 valence electrons. The second-order valence-electron chi connectivity index (χ2n) is 11.8. The predicted octanol–water partition coefficient (Wildman–Crippen LogP) is 4.70. The summed E-state index contributed by atoms with van der Waals surface area (Å²) < 4.78 is 54.6. The maximum absolute atomic E-state index is 15.3. The second kappa shape index (κ2) is 10.0. The average Bonchev–Trinajstić information content (AvgIpc) is 3.89. The number of carbonyl (C=O) groups excluding carboxylic acids is 2. The highest BCUT2D eigenvalue weighted by molar-refractivity contribution is 6.24. The van der Waals surface area contributed by atoms with Crippen molar-refractivity contribution in [2.45, 2.75) is 57.4 Å². The Morgan fingerprint density at radius 1 is 1.05 bits per heavy atom. The van der Waals surface area contributed by atoms with Crippen LogP contribution in [0.3, 0.4) is 0 Å². The number of halogens is 3. The molecule has 43 heavy (non-hydrogen) atoms. The molecule has 7 rings (SSSR count). The number of carbonyl (C=O) groups is 2. The molecule has 1 unspecified atom stereocenters. The van der Waals surface area contributed by atoms with Crippen LogP contribution in [0.15, 0.2) is 39.6 Å². The highest BCUT2D eigenvalue weighted by Crippen LogP contribution is 2.61. The number of allylic oxidation sites excluding steroid dienone is 1. The molecule has 13 heteroatoms. The van der Waals surface area contributed by atoms with Crippen molar-refractivity contribution in [1.82, 2.24) is 20.6 Å². The summed E-state index contributed by atoms with van der Waals surface area (Å²) in [7, 11) is 0. The molecule has 2 N–H and O–H groups in total. The van der Waals surface area contributed by atoms with Gasteiger partial charge in [0.05, 0.1) is 25.0 Å². The number of anilines is 1. The van der Waals surface area contributed by atoms with Crippen LogP contribution in [0.5, 0.6) is 5.75 Å². The van der Waals surface area contributed by atoms with E-state index in [-0.39, 0.29) is 40.9 Å². The lowest BCUT2D eigenvalue weighted by Crippen LogP contribution is -2.52. The number of aliphatic imine (C=N–C) groups is 1. The van der Waals surface area contributed by atoms with Crippen molar-refractivity contribution in [3.63, 3.8) is 0 Å². The molecule has 2 aliphatic heterocycles. The number of rotatable bonds is 7. The Morgan fingerprint density at radius 3 is 2.49 bits per heavy atom. The fourth-order valence-corrected chi connectivity index (χ4v) is 6.18. The first-order valence-corrected chi connectivity index (χ1v) is 14.1. The summed E-state index contributed by atoms with van der Waals surface area (Å²) in [6, 6.07) is 1.80. The number of hydrogen-bond donors (Lipinski definition) is 2. The van der Waals surface area contributed by atoms with E-state index in [4.69, 9.17) is 9.37 Å². The van der Waals surface area contributed by atoms with E-state index < -0.39 is 46.6 Å². The molecule has 2 atom stereocenters. The van der Waals surface area contributed by atoms with Gasteiger partial charge in [0.15, 0.2) is 23.1 Å². The van der Waals surface area contributed by atoms with Crippen LogP contribution >= 0.6 is 0 Å². The zero-order chi connectivity index (χ0) is 30.0. The van der Waals surface area contributed by atoms with Crippen LogP contribution < -0.4 is 15.4 Å². The van der Waals surface area contributed by atoms with E-state index in [1.165, 1.54) is 6.20 Å². The normalized spacial score (nSPS) is 20.8. The molecule has 1 aromatic carbocycles. The van der Waals surface area contributed by atoms with E-state index in [1.807, 2.05) is 6.92 Å². The van der Waals surface area contributed by atoms with Crippen molar-refractivity contribution in [3.8, 4) is 5.75 Å². The van der Waals surface area contributed by atoms with E-state index in [0.29, 0.717) is 36.4 Å². The van der Waals surface area contributed by atoms with Crippen molar-refractivity contribution in [2.75, 3.05) is 18.5 Å². The first-order valence-electron chi connectivity index (χ1n) is 14.1. The molecular weight excluding hydrogens is 565 g/mol. The van der Waals surface area contributed by atoms with Gasteiger partial charge in [-0.15, -0.1) is 0 Å². The van der Waals surface area contributed by atoms with Crippen LogP contribution in [0.4, 0.5) is 18.9 Å². The van der Waals surface area contributed by atoms with E-state index in [2.05, 4.69) is 30.9 Å². The van der Waals surface area contributed by atoms with Crippen LogP contribution in [0.2, 0.25) is 0 Å². The summed E-state index contributed by atoms with van der Waals surface area (Å²) in [5, 5.41) is 13.1. The van der Waals surface area contributed by atoms with E-state index >= 15 is 4.39 Å². The summed E-state index contributed by atoms with van der Waals surface area (Å²) in [5.41, 5.74) is 2.36. The Kier molecular flexibility index (Phi) is 6.36. The minimum atomic E-state index is -1.30. The molecule has 2 aromatic heterocycles. The highest BCUT2D eigenvalue weighted by atomic mass is 19.2. The summed E-state index contributed by atoms with van der Waals surface area (Å²) >= 11 is 0. The SMILES string of the molecule is CC1=NCC(C)=C1c1ncc(NC(=O)[C@@H](NC(=O)c2nonc2C2CC2)C2c3cc(F)c(F)cc3OCC23CC3)cc1F. The monoisotopic (exact) mass is 592 g/mol. The molecular formula is C30H27F3N6O4. The van der Waals surface area contributed by atoms with Gasteiger partial charge in [0, 0.05) is 46.2 Å². The molecule has 4 aliphatic rings. The summed E-state index contributed by atoms with van der Waals surface area (Å²) in [4.78, 5) is 36.1. The third-order valence-electron chi connectivity index (χ3n) is 8.74. The lowest BCUT2D eigenvalue weighted by atomic mass is 9.75.